The summed E-state index contributed by atoms with van der Waals surface area (Å²) in [6, 6.07) is 89.1. The number of aromatic nitrogens is 4. The zero-order chi connectivity index (χ0) is 52.3. The molecule has 0 spiro atoms. The largest absolute Gasteiger partial charge is 0.310 e. The van der Waals surface area contributed by atoms with Gasteiger partial charge in [0, 0.05) is 55.3 Å². The van der Waals surface area contributed by atoms with Gasteiger partial charge in [0.15, 0.2) is 5.82 Å². The van der Waals surface area contributed by atoms with Gasteiger partial charge in [0.05, 0.1) is 27.9 Å². The SMILES string of the molecule is CC1(C)c2ccccc2-c2cc3c(cc21)C(C1C=Cc2c(c4cc(-c5ccc6c(c5)c5ccccc5n6-c5ccccc5)ccc4n2-c2cccc(-c4nc(-c5ccccc5)cc(-c5ccccc5)n4)c2)C1)Cc1ccccc1-3. The Balaban J connectivity index is 0.865. The van der Waals surface area contributed by atoms with Gasteiger partial charge in [-0.15, -0.1) is 0 Å². The smallest absolute Gasteiger partial charge is 0.160 e. The van der Waals surface area contributed by atoms with Crippen LogP contribution in [0.2, 0.25) is 0 Å². The van der Waals surface area contributed by atoms with E-state index in [4.69, 9.17) is 9.97 Å². The van der Waals surface area contributed by atoms with Crippen molar-refractivity contribution in [3.8, 4) is 78.7 Å². The maximum Gasteiger partial charge on any atom is 0.160 e. The van der Waals surface area contributed by atoms with Crippen molar-refractivity contribution in [3.05, 3.63) is 282 Å². The van der Waals surface area contributed by atoms with Gasteiger partial charge in [-0.2, -0.15) is 0 Å². The van der Waals surface area contributed by atoms with Crippen molar-refractivity contribution in [2.75, 3.05) is 0 Å². The second-order valence-electron chi connectivity index (χ2n) is 22.4. The average Bonchev–Trinajstić information content (AvgIpc) is 4.34. The summed E-state index contributed by atoms with van der Waals surface area (Å²) in [5.74, 6) is 1.26. The Morgan fingerprint density at radius 3 is 1.77 bits per heavy atom. The summed E-state index contributed by atoms with van der Waals surface area (Å²) in [7, 11) is 0. The monoisotopic (exact) mass is 1010 g/mol. The lowest BCUT2D eigenvalue weighted by molar-refractivity contribution is 0.494. The molecule has 16 rings (SSSR count). The summed E-state index contributed by atoms with van der Waals surface area (Å²) < 4.78 is 4.90. The van der Waals surface area contributed by atoms with E-state index >= 15 is 0 Å². The Morgan fingerprint density at radius 2 is 1.01 bits per heavy atom. The van der Waals surface area contributed by atoms with Crippen LogP contribution in [0.4, 0.5) is 0 Å². The van der Waals surface area contributed by atoms with Gasteiger partial charge in [-0.25, -0.2) is 9.97 Å². The maximum absolute atomic E-state index is 5.28. The van der Waals surface area contributed by atoms with Gasteiger partial charge in [-0.05, 0) is 159 Å². The fourth-order valence-electron chi connectivity index (χ4n) is 13.9. The first-order valence-corrected chi connectivity index (χ1v) is 27.8. The van der Waals surface area contributed by atoms with Crippen molar-refractivity contribution >= 4 is 38.8 Å². The van der Waals surface area contributed by atoms with Gasteiger partial charge in [0.2, 0.25) is 0 Å². The predicted octanol–water partition coefficient (Wildman–Crippen LogP) is 18.7. The van der Waals surface area contributed by atoms with Gasteiger partial charge < -0.3 is 9.13 Å². The van der Waals surface area contributed by atoms with Crippen molar-refractivity contribution in [3.63, 3.8) is 0 Å². The number of para-hydroxylation sites is 2. The minimum absolute atomic E-state index is 0.0904. The third kappa shape index (κ3) is 7.21. The summed E-state index contributed by atoms with van der Waals surface area (Å²) in [5, 5.41) is 3.79. The third-order valence-electron chi connectivity index (χ3n) is 17.7. The van der Waals surface area contributed by atoms with E-state index in [-0.39, 0.29) is 11.3 Å². The number of hydrogen-bond donors (Lipinski definition) is 0. The van der Waals surface area contributed by atoms with Gasteiger partial charge in [0.1, 0.15) is 0 Å². The van der Waals surface area contributed by atoms with E-state index in [1.165, 1.54) is 99.6 Å². The molecule has 13 aromatic rings. The molecule has 2 unspecified atom stereocenters. The molecule has 0 radical (unpaired) electrons. The molecule has 4 heteroatoms. The lowest BCUT2D eigenvalue weighted by Crippen LogP contribution is -2.23. The van der Waals surface area contributed by atoms with Crippen LogP contribution >= 0.6 is 0 Å². The van der Waals surface area contributed by atoms with E-state index < -0.39 is 0 Å². The zero-order valence-corrected chi connectivity index (χ0v) is 44.1. The number of allylic oxidation sites excluding steroid dienone is 1. The van der Waals surface area contributed by atoms with Crippen LogP contribution in [0, 0.1) is 5.92 Å². The van der Waals surface area contributed by atoms with E-state index in [0.29, 0.717) is 11.7 Å². The highest BCUT2D eigenvalue weighted by molar-refractivity contribution is 6.11. The van der Waals surface area contributed by atoms with Crippen LogP contribution in [-0.4, -0.2) is 19.1 Å². The average molecular weight is 1010 g/mol. The highest BCUT2D eigenvalue weighted by Crippen LogP contribution is 2.55. The number of benzene rings is 10. The second kappa shape index (κ2) is 17.7. The van der Waals surface area contributed by atoms with E-state index in [2.05, 4.69) is 278 Å². The standard InChI is InChI=1S/C75H54N4/c1-75(2)66-31-16-14-29-57(66)62-44-60-56-28-13-12-23-51(56)42-59(61(60)45-67(62)75)52-35-38-73-65(43-52)64-41-50(49-33-36-71-63(40-49)58-30-15-17-32-70(58)78(71)54-25-10-5-11-26-54)34-37-72(64)79(73)55-27-18-24-53(39-55)74-76-68(47-19-6-3-7-20-47)46-69(77-74)48-21-8-4-9-22-48/h3-41,44-46,52,59H,42-43H2,1-2H3. The molecule has 0 N–H and O–H groups in total. The number of fused-ring (bicyclic) bond motifs is 12. The Morgan fingerprint density at radius 1 is 0.405 bits per heavy atom. The van der Waals surface area contributed by atoms with Crippen molar-refractivity contribution in [1.29, 1.82) is 0 Å². The quantitative estimate of drug-likeness (QED) is 0.159. The fraction of sp³-hybridized carbons (Fsp3) is 0.0933. The molecule has 0 aliphatic heterocycles. The minimum atomic E-state index is -0.0904. The van der Waals surface area contributed by atoms with Crippen molar-refractivity contribution in [2.24, 2.45) is 5.92 Å². The minimum Gasteiger partial charge on any atom is -0.310 e. The predicted molar refractivity (Wildman–Crippen MR) is 327 cm³/mol. The summed E-state index contributed by atoms with van der Waals surface area (Å²) >= 11 is 0. The van der Waals surface area contributed by atoms with E-state index in [1.54, 1.807) is 0 Å². The number of rotatable bonds is 7. The molecule has 374 valence electrons. The van der Waals surface area contributed by atoms with Gasteiger partial charge in [0.25, 0.3) is 0 Å². The molecule has 0 saturated heterocycles. The first kappa shape index (κ1) is 45.5. The molecule has 0 saturated carbocycles. The topological polar surface area (TPSA) is 35.6 Å². The molecule has 79 heavy (non-hydrogen) atoms. The van der Waals surface area contributed by atoms with Crippen LogP contribution in [0.25, 0.3) is 117 Å². The molecule has 10 aromatic carbocycles. The fourth-order valence-corrected chi connectivity index (χ4v) is 13.9. The van der Waals surface area contributed by atoms with Crippen LogP contribution in [0.3, 0.4) is 0 Å². The Kier molecular flexibility index (Phi) is 10.2. The van der Waals surface area contributed by atoms with Crippen molar-refractivity contribution in [1.82, 2.24) is 19.1 Å². The molecule has 3 aliphatic rings. The number of nitrogens with zero attached hydrogens (tertiary/aromatic N) is 4. The summed E-state index contributed by atoms with van der Waals surface area (Å²) in [6.07, 6.45) is 6.91. The summed E-state index contributed by atoms with van der Waals surface area (Å²) in [5.41, 5.74) is 26.9. The molecule has 4 nitrogen and oxygen atoms in total. The molecular weight excluding hydrogens is 957 g/mol. The van der Waals surface area contributed by atoms with Crippen LogP contribution in [-0.2, 0) is 18.3 Å². The molecule has 0 bridgehead atoms. The molecule has 3 aromatic heterocycles. The van der Waals surface area contributed by atoms with Crippen LogP contribution in [0.1, 0.15) is 53.3 Å². The van der Waals surface area contributed by atoms with Crippen LogP contribution in [0.5, 0.6) is 0 Å². The Labute approximate surface area is 460 Å². The van der Waals surface area contributed by atoms with Crippen LogP contribution < -0.4 is 0 Å². The first-order chi connectivity index (χ1) is 38.9. The molecule has 2 atom stereocenters. The second-order valence-corrected chi connectivity index (χ2v) is 22.4. The normalized spacial score (nSPS) is 15.7. The van der Waals surface area contributed by atoms with Crippen LogP contribution in [0.15, 0.2) is 249 Å². The van der Waals surface area contributed by atoms with Crippen molar-refractivity contribution in [2.45, 2.75) is 38.0 Å². The van der Waals surface area contributed by atoms with E-state index in [0.717, 1.165) is 52.3 Å². The zero-order valence-electron chi connectivity index (χ0n) is 44.1. The third-order valence-corrected chi connectivity index (χ3v) is 17.7. The molecule has 0 amide bonds. The highest BCUT2D eigenvalue weighted by atomic mass is 15.0. The summed E-state index contributed by atoms with van der Waals surface area (Å²) in [6.45, 7) is 4.83. The number of hydrogen-bond acceptors (Lipinski definition) is 2. The molecule has 3 heterocycles. The lowest BCUT2D eigenvalue weighted by Gasteiger charge is -2.35. The van der Waals surface area contributed by atoms with E-state index in [1.807, 2.05) is 0 Å². The lowest BCUT2D eigenvalue weighted by atomic mass is 9.68. The summed E-state index contributed by atoms with van der Waals surface area (Å²) in [4.78, 5) is 10.6. The van der Waals surface area contributed by atoms with E-state index in [9.17, 15) is 0 Å². The Bertz CT molecular complexity index is 4580. The molecular formula is C75H54N4. The van der Waals surface area contributed by atoms with Gasteiger partial charge in [-0.1, -0.05) is 196 Å². The Hall–Kier alpha value is -9.64. The molecule has 3 aliphatic carbocycles. The van der Waals surface area contributed by atoms with Gasteiger partial charge >= 0.3 is 0 Å². The first-order valence-electron chi connectivity index (χ1n) is 27.8. The van der Waals surface area contributed by atoms with Gasteiger partial charge in [-0.3, -0.25) is 0 Å². The highest BCUT2D eigenvalue weighted by Gasteiger charge is 2.40. The van der Waals surface area contributed by atoms with Crippen molar-refractivity contribution < 1.29 is 0 Å². The maximum atomic E-state index is 5.28. The molecule has 0 fully saturated rings.